The van der Waals surface area contributed by atoms with Gasteiger partial charge in [-0.3, -0.25) is 13.5 Å². The minimum Gasteiger partial charge on any atom is -0.479 e. The average molecular weight is 468 g/mol. The molecule has 0 atom stereocenters. The van der Waals surface area contributed by atoms with Crippen molar-refractivity contribution < 1.29 is 24.1 Å². The number of pyridine rings is 1. The summed E-state index contributed by atoms with van der Waals surface area (Å²) in [5.74, 6) is -0.377. The van der Waals surface area contributed by atoms with Gasteiger partial charge in [0.2, 0.25) is 0 Å². The number of carbonyl (C=O) groups is 1. The molecule has 1 aliphatic rings. The largest absolute Gasteiger partial charge is 0.479 e. The zero-order chi connectivity index (χ0) is 23.2. The van der Waals surface area contributed by atoms with Crippen molar-refractivity contribution in [2.75, 3.05) is 29.5 Å². The highest BCUT2D eigenvalue weighted by atomic mass is 32.3. The topological polar surface area (TPSA) is 144 Å². The Bertz CT molecular complexity index is 1330. The van der Waals surface area contributed by atoms with E-state index >= 15 is 0 Å². The molecule has 10 nitrogen and oxygen atoms in total. The minimum absolute atomic E-state index is 0.0377. The molecule has 0 radical (unpaired) electrons. The van der Waals surface area contributed by atoms with Gasteiger partial charge in [-0.1, -0.05) is 12.1 Å². The van der Waals surface area contributed by atoms with Crippen molar-refractivity contribution in [2.45, 2.75) is 0 Å². The predicted octanol–water partition coefficient (Wildman–Crippen LogP) is 3.43. The molecular formula is C22H21N5O5S. The molecule has 0 amide bonds. The molecule has 0 aliphatic carbocycles. The molecule has 11 heteroatoms. The van der Waals surface area contributed by atoms with E-state index in [1.54, 1.807) is 16.8 Å². The fraction of sp³-hybridized carbons (Fsp3) is 0.182. The van der Waals surface area contributed by atoms with Gasteiger partial charge < -0.3 is 15.1 Å². The molecular weight excluding hydrogens is 446 g/mol. The van der Waals surface area contributed by atoms with Gasteiger partial charge in [0.1, 0.15) is 5.56 Å². The van der Waals surface area contributed by atoms with Gasteiger partial charge in [0, 0.05) is 54.1 Å². The SMILES string of the molecule is O=C(O)c1cc(-c2cnc(O)nc2)cn2c(-c3ccc(N4CCS(O)(O)CC4)cc3)cnc12. The number of rotatable bonds is 4. The molecule has 4 N–H and O–H groups in total. The third kappa shape index (κ3) is 4.09. The lowest BCUT2D eigenvalue weighted by Gasteiger charge is -2.41. The minimum atomic E-state index is -2.46. The number of aromatic nitrogens is 4. The van der Waals surface area contributed by atoms with Crippen LogP contribution in [0, 0.1) is 0 Å². The van der Waals surface area contributed by atoms with Crippen molar-refractivity contribution in [3.05, 3.63) is 60.7 Å². The van der Waals surface area contributed by atoms with Crippen molar-refractivity contribution in [3.8, 4) is 28.4 Å². The number of carboxylic acid groups (broad SMARTS) is 1. The van der Waals surface area contributed by atoms with E-state index < -0.39 is 16.6 Å². The van der Waals surface area contributed by atoms with Gasteiger partial charge in [0.15, 0.2) is 5.65 Å². The molecule has 33 heavy (non-hydrogen) atoms. The molecule has 1 fully saturated rings. The van der Waals surface area contributed by atoms with Crippen LogP contribution in [0.3, 0.4) is 0 Å². The number of hydrogen-bond donors (Lipinski definition) is 4. The molecule has 0 unspecified atom stereocenters. The van der Waals surface area contributed by atoms with Crippen molar-refractivity contribution in [2.24, 2.45) is 0 Å². The second-order valence-corrected chi connectivity index (χ2v) is 10.2. The summed E-state index contributed by atoms with van der Waals surface area (Å²) in [6.07, 6.45) is 6.25. The van der Waals surface area contributed by atoms with Crippen molar-refractivity contribution >= 4 is 27.9 Å². The second kappa shape index (κ2) is 8.03. The predicted molar refractivity (Wildman–Crippen MR) is 125 cm³/mol. The van der Waals surface area contributed by atoms with E-state index in [4.69, 9.17) is 0 Å². The quantitative estimate of drug-likeness (QED) is 0.355. The van der Waals surface area contributed by atoms with E-state index in [-0.39, 0.29) is 11.6 Å². The Morgan fingerprint density at radius 2 is 1.58 bits per heavy atom. The summed E-state index contributed by atoms with van der Waals surface area (Å²) in [6.45, 7) is 1.16. The molecule has 0 saturated carbocycles. The molecule has 4 heterocycles. The summed E-state index contributed by atoms with van der Waals surface area (Å²) >= 11 is 0. The van der Waals surface area contributed by atoms with E-state index in [0.29, 0.717) is 47.1 Å². The van der Waals surface area contributed by atoms with Crippen LogP contribution < -0.4 is 4.90 Å². The first-order valence-electron chi connectivity index (χ1n) is 10.2. The van der Waals surface area contributed by atoms with Gasteiger partial charge in [-0.2, -0.15) is 10.6 Å². The highest BCUT2D eigenvalue weighted by Gasteiger charge is 2.22. The normalized spacial score (nSPS) is 16.6. The number of aromatic hydroxyl groups is 1. The summed E-state index contributed by atoms with van der Waals surface area (Å²) < 4.78 is 21.4. The van der Waals surface area contributed by atoms with E-state index in [0.717, 1.165) is 11.3 Å². The highest BCUT2D eigenvalue weighted by Crippen LogP contribution is 2.41. The lowest BCUT2D eigenvalue weighted by molar-refractivity contribution is 0.0698. The number of anilines is 1. The van der Waals surface area contributed by atoms with E-state index in [1.165, 1.54) is 18.5 Å². The number of aromatic carboxylic acids is 1. The number of carboxylic acids is 1. The Labute approximate surface area is 190 Å². The van der Waals surface area contributed by atoms with Crippen LogP contribution in [-0.4, -0.2) is 69.2 Å². The maximum Gasteiger partial charge on any atom is 0.339 e. The molecule has 1 saturated heterocycles. The Balaban J connectivity index is 1.53. The third-order valence-electron chi connectivity index (χ3n) is 5.71. The standard InChI is InChI=1S/C22H21N5O5S/c28-21(29)18-9-15(16-10-24-22(30)25-11-16)13-27-19(12-23-20(18)27)14-1-3-17(4-2-14)26-5-7-33(31,32)8-6-26/h1-4,9-13,31-32H,5-8H2,(H,28,29)(H,24,25,30). The molecule has 1 aliphatic heterocycles. The lowest BCUT2D eigenvalue weighted by atomic mass is 10.1. The first kappa shape index (κ1) is 21.2. The number of benzene rings is 1. The maximum atomic E-state index is 11.9. The Kier molecular flexibility index (Phi) is 5.16. The molecule has 4 aromatic rings. The monoisotopic (exact) mass is 467 g/mol. The van der Waals surface area contributed by atoms with Gasteiger partial charge >= 0.3 is 12.0 Å². The number of fused-ring (bicyclic) bond motifs is 1. The van der Waals surface area contributed by atoms with Crippen LogP contribution in [0.25, 0.3) is 28.0 Å². The number of hydrogen-bond acceptors (Lipinski definition) is 8. The first-order valence-corrected chi connectivity index (χ1v) is 12.0. The maximum absolute atomic E-state index is 11.9. The second-order valence-electron chi connectivity index (χ2n) is 7.80. The first-order chi connectivity index (χ1) is 15.8. The van der Waals surface area contributed by atoms with Crippen molar-refractivity contribution in [1.29, 1.82) is 0 Å². The van der Waals surface area contributed by atoms with Crippen LogP contribution in [0.5, 0.6) is 6.01 Å². The summed E-state index contributed by atoms with van der Waals surface area (Å²) in [5, 5.41) is 19.1. The van der Waals surface area contributed by atoms with Gasteiger partial charge in [0.25, 0.3) is 0 Å². The van der Waals surface area contributed by atoms with Crippen LogP contribution in [0.4, 0.5) is 5.69 Å². The van der Waals surface area contributed by atoms with E-state index in [9.17, 15) is 24.1 Å². The van der Waals surface area contributed by atoms with Crippen LogP contribution in [0.15, 0.2) is 55.1 Å². The lowest BCUT2D eigenvalue weighted by Crippen LogP contribution is -2.38. The van der Waals surface area contributed by atoms with Gasteiger partial charge in [0.05, 0.1) is 23.4 Å². The molecule has 3 aromatic heterocycles. The summed E-state index contributed by atoms with van der Waals surface area (Å²) in [5.41, 5.74) is 4.03. The third-order valence-corrected chi connectivity index (χ3v) is 7.38. The zero-order valence-corrected chi connectivity index (χ0v) is 18.2. The van der Waals surface area contributed by atoms with E-state index in [2.05, 4.69) is 19.9 Å². The van der Waals surface area contributed by atoms with Crippen LogP contribution in [0.2, 0.25) is 0 Å². The Morgan fingerprint density at radius 1 is 0.909 bits per heavy atom. The fourth-order valence-corrected chi connectivity index (χ4v) is 5.14. The Hall–Kier alpha value is -3.67. The summed E-state index contributed by atoms with van der Waals surface area (Å²) in [4.78, 5) is 25.9. The van der Waals surface area contributed by atoms with Crippen LogP contribution in [0.1, 0.15) is 10.4 Å². The van der Waals surface area contributed by atoms with Crippen LogP contribution >= 0.6 is 10.6 Å². The number of nitrogens with zero attached hydrogens (tertiary/aromatic N) is 5. The Morgan fingerprint density at radius 3 is 2.21 bits per heavy atom. The van der Waals surface area contributed by atoms with Gasteiger partial charge in [-0.05, 0) is 18.2 Å². The van der Waals surface area contributed by atoms with Gasteiger partial charge in [-0.15, -0.1) is 0 Å². The smallest absolute Gasteiger partial charge is 0.339 e. The highest BCUT2D eigenvalue weighted by molar-refractivity contribution is 8.24. The molecule has 0 bridgehead atoms. The molecule has 0 spiro atoms. The molecule has 170 valence electrons. The van der Waals surface area contributed by atoms with Crippen LogP contribution in [-0.2, 0) is 0 Å². The summed E-state index contributed by atoms with van der Waals surface area (Å²) in [6, 6.07) is 8.93. The molecule has 5 rings (SSSR count). The zero-order valence-electron chi connectivity index (χ0n) is 17.4. The van der Waals surface area contributed by atoms with E-state index in [1.807, 2.05) is 24.3 Å². The number of imidazole rings is 1. The fourth-order valence-electron chi connectivity index (χ4n) is 3.91. The van der Waals surface area contributed by atoms with Crippen molar-refractivity contribution in [1.82, 2.24) is 19.4 Å². The summed E-state index contributed by atoms with van der Waals surface area (Å²) in [7, 11) is -2.46. The van der Waals surface area contributed by atoms with Gasteiger partial charge in [-0.25, -0.2) is 19.7 Å². The molecule has 1 aromatic carbocycles. The average Bonchev–Trinajstić information content (AvgIpc) is 3.23. The van der Waals surface area contributed by atoms with Crippen molar-refractivity contribution in [3.63, 3.8) is 0 Å².